The molecule has 0 aliphatic rings. The molecule has 0 saturated heterocycles. The highest BCUT2D eigenvalue weighted by Crippen LogP contribution is 2.29. The zero-order valence-corrected chi connectivity index (χ0v) is 14.0. The van der Waals surface area contributed by atoms with Crippen LogP contribution in [0.1, 0.15) is 17.3 Å². The molecule has 104 valence electrons. The number of hydrogen-bond acceptors (Lipinski definition) is 3. The van der Waals surface area contributed by atoms with Crippen LogP contribution < -0.4 is 5.32 Å². The maximum absolute atomic E-state index is 6.10. The van der Waals surface area contributed by atoms with E-state index >= 15 is 0 Å². The monoisotopic (exact) mass is 369 g/mol. The lowest BCUT2D eigenvalue weighted by Crippen LogP contribution is -2.19. The van der Waals surface area contributed by atoms with Gasteiger partial charge in [-0.25, -0.2) is 4.98 Å². The molecule has 1 aromatic carbocycles. The van der Waals surface area contributed by atoms with Crippen LogP contribution in [0.2, 0.25) is 5.02 Å². The number of nitrogens with one attached hydrogen (secondary N) is 1. The van der Waals surface area contributed by atoms with Crippen molar-refractivity contribution in [1.82, 2.24) is 14.7 Å². The zero-order valence-electron chi connectivity index (χ0n) is 10.8. The van der Waals surface area contributed by atoms with Gasteiger partial charge >= 0.3 is 0 Å². The zero-order chi connectivity index (χ0) is 14.1. The lowest BCUT2D eigenvalue weighted by molar-refractivity contribution is 0.584. The van der Waals surface area contributed by atoms with E-state index in [4.69, 9.17) is 11.6 Å². The summed E-state index contributed by atoms with van der Waals surface area (Å²) in [4.78, 5) is 5.66. The quantitative estimate of drug-likeness (QED) is 0.741. The first kappa shape index (κ1) is 14.1. The van der Waals surface area contributed by atoms with Crippen molar-refractivity contribution >= 4 is 43.8 Å². The minimum atomic E-state index is 0.174. The topological polar surface area (TPSA) is 29.3 Å². The predicted molar refractivity (Wildman–Crippen MR) is 87.7 cm³/mol. The normalized spacial score (nSPS) is 12.9. The predicted octanol–water partition coefficient (Wildman–Crippen LogP) is 4.31. The van der Waals surface area contributed by atoms with Crippen LogP contribution in [0.25, 0.3) is 4.96 Å². The van der Waals surface area contributed by atoms with Gasteiger partial charge in [0.2, 0.25) is 0 Å². The van der Waals surface area contributed by atoms with E-state index in [0.717, 1.165) is 32.1 Å². The molecule has 0 aliphatic carbocycles. The summed E-state index contributed by atoms with van der Waals surface area (Å²) in [6.45, 7) is 0. The molecule has 2 aromatic heterocycles. The van der Waals surface area contributed by atoms with Gasteiger partial charge < -0.3 is 5.32 Å². The third-order valence-electron chi connectivity index (χ3n) is 3.24. The van der Waals surface area contributed by atoms with Crippen molar-refractivity contribution in [3.8, 4) is 0 Å². The molecule has 0 fully saturated rings. The summed E-state index contributed by atoms with van der Waals surface area (Å²) in [5, 5.41) is 6.12. The number of aromatic nitrogens is 2. The highest BCUT2D eigenvalue weighted by atomic mass is 79.9. The number of benzene rings is 1. The molecule has 1 atom stereocenters. The van der Waals surface area contributed by atoms with Crippen LogP contribution in [0.4, 0.5) is 0 Å². The van der Waals surface area contributed by atoms with E-state index < -0.39 is 0 Å². The first-order valence-corrected chi connectivity index (χ1v) is 8.25. The fourth-order valence-corrected chi connectivity index (χ4v) is 3.66. The fraction of sp³-hybridized carbons (Fsp3) is 0.214. The number of thiazole rings is 1. The number of halogens is 2. The first-order valence-electron chi connectivity index (χ1n) is 6.20. The second kappa shape index (κ2) is 5.85. The van der Waals surface area contributed by atoms with Gasteiger partial charge in [-0.2, -0.15) is 0 Å². The van der Waals surface area contributed by atoms with Crippen molar-refractivity contribution in [3.05, 3.63) is 56.7 Å². The Morgan fingerprint density at radius 1 is 1.50 bits per heavy atom. The largest absolute Gasteiger partial charge is 0.313 e. The van der Waals surface area contributed by atoms with Crippen LogP contribution in [0.5, 0.6) is 0 Å². The number of hydrogen-bond donors (Lipinski definition) is 1. The van der Waals surface area contributed by atoms with Gasteiger partial charge in [0, 0.05) is 39.7 Å². The summed E-state index contributed by atoms with van der Waals surface area (Å²) in [6.07, 6.45) is 4.93. The van der Waals surface area contributed by atoms with E-state index in [1.54, 1.807) is 11.3 Å². The fourth-order valence-electron chi connectivity index (χ4n) is 2.23. The third kappa shape index (κ3) is 2.76. The first-order chi connectivity index (χ1) is 9.67. The molecular weight excluding hydrogens is 358 g/mol. The van der Waals surface area contributed by atoms with Gasteiger partial charge in [-0.1, -0.05) is 27.5 Å². The number of rotatable bonds is 4. The Labute approximate surface area is 134 Å². The van der Waals surface area contributed by atoms with Gasteiger partial charge in [-0.05, 0) is 30.8 Å². The summed E-state index contributed by atoms with van der Waals surface area (Å²) in [6, 6.07) is 6.03. The second-order valence-corrected chi connectivity index (χ2v) is 6.70. The van der Waals surface area contributed by atoms with Crippen LogP contribution in [-0.2, 0) is 6.42 Å². The Morgan fingerprint density at radius 3 is 3.10 bits per heavy atom. The highest BCUT2D eigenvalue weighted by molar-refractivity contribution is 9.10. The molecule has 0 aliphatic heterocycles. The molecule has 0 saturated carbocycles. The Hall–Kier alpha value is -0.880. The summed E-state index contributed by atoms with van der Waals surface area (Å²) in [7, 11) is 1.95. The Balaban J connectivity index is 1.89. The minimum Gasteiger partial charge on any atom is -0.313 e. The number of nitrogens with zero attached hydrogens (tertiary/aromatic N) is 2. The summed E-state index contributed by atoms with van der Waals surface area (Å²) >= 11 is 11.3. The lowest BCUT2D eigenvalue weighted by Gasteiger charge is -2.17. The molecule has 3 aromatic rings. The SMILES string of the molecule is CNC(Cc1cn2ccsc2n1)c1cc(Cl)ccc1Br. The molecule has 1 unspecified atom stereocenters. The van der Waals surface area contributed by atoms with E-state index in [9.17, 15) is 0 Å². The van der Waals surface area contributed by atoms with Gasteiger partial charge in [-0.15, -0.1) is 11.3 Å². The molecule has 1 N–H and O–H groups in total. The Bertz CT molecular complexity index is 708. The van der Waals surface area contributed by atoms with Gasteiger partial charge in [-0.3, -0.25) is 4.40 Å². The van der Waals surface area contributed by atoms with Gasteiger partial charge in [0.15, 0.2) is 4.96 Å². The number of fused-ring (bicyclic) bond motifs is 1. The summed E-state index contributed by atoms with van der Waals surface area (Å²) in [5.41, 5.74) is 2.22. The van der Waals surface area contributed by atoms with Crippen molar-refractivity contribution in [2.45, 2.75) is 12.5 Å². The van der Waals surface area contributed by atoms with Gasteiger partial charge in [0.1, 0.15) is 0 Å². The van der Waals surface area contributed by atoms with E-state index in [1.165, 1.54) is 0 Å². The smallest absolute Gasteiger partial charge is 0.193 e. The average Bonchev–Trinajstić information content (AvgIpc) is 3.00. The van der Waals surface area contributed by atoms with Crippen LogP contribution in [0.3, 0.4) is 0 Å². The molecular formula is C14H13BrClN3S. The number of likely N-dealkylation sites (N-methyl/N-ethyl adjacent to an activating group) is 1. The van der Waals surface area contributed by atoms with E-state index in [1.807, 2.05) is 36.8 Å². The van der Waals surface area contributed by atoms with Gasteiger partial charge in [0.25, 0.3) is 0 Å². The van der Waals surface area contributed by atoms with Crippen LogP contribution >= 0.6 is 38.9 Å². The molecule has 0 bridgehead atoms. The molecule has 0 amide bonds. The number of imidazole rings is 1. The maximum Gasteiger partial charge on any atom is 0.193 e. The molecule has 3 nitrogen and oxygen atoms in total. The van der Waals surface area contributed by atoms with Crippen molar-refractivity contribution in [2.24, 2.45) is 0 Å². The lowest BCUT2D eigenvalue weighted by atomic mass is 10.0. The summed E-state index contributed by atoms with van der Waals surface area (Å²) in [5.74, 6) is 0. The standard InChI is InChI=1S/C14H13BrClN3S/c1-17-13(11-6-9(16)2-3-12(11)15)7-10-8-19-4-5-20-14(19)18-10/h2-6,8,13,17H,7H2,1H3. The maximum atomic E-state index is 6.10. The molecule has 0 spiro atoms. The molecule has 20 heavy (non-hydrogen) atoms. The van der Waals surface area contributed by atoms with Crippen LogP contribution in [0, 0.1) is 0 Å². The van der Waals surface area contributed by atoms with Gasteiger partial charge in [0.05, 0.1) is 5.69 Å². The highest BCUT2D eigenvalue weighted by Gasteiger charge is 2.16. The Morgan fingerprint density at radius 2 is 2.35 bits per heavy atom. The van der Waals surface area contributed by atoms with Crippen molar-refractivity contribution in [2.75, 3.05) is 7.05 Å². The Kier molecular flexibility index (Phi) is 4.12. The van der Waals surface area contributed by atoms with E-state index in [0.29, 0.717) is 0 Å². The third-order valence-corrected chi connectivity index (χ3v) is 4.97. The molecule has 2 heterocycles. The van der Waals surface area contributed by atoms with Crippen LogP contribution in [0.15, 0.2) is 40.4 Å². The minimum absolute atomic E-state index is 0.174. The van der Waals surface area contributed by atoms with E-state index in [-0.39, 0.29) is 6.04 Å². The molecule has 0 radical (unpaired) electrons. The molecule has 3 rings (SSSR count). The average molecular weight is 371 g/mol. The van der Waals surface area contributed by atoms with Crippen molar-refractivity contribution in [1.29, 1.82) is 0 Å². The molecule has 6 heteroatoms. The summed E-state index contributed by atoms with van der Waals surface area (Å²) < 4.78 is 3.11. The van der Waals surface area contributed by atoms with Crippen molar-refractivity contribution in [3.63, 3.8) is 0 Å². The van der Waals surface area contributed by atoms with E-state index in [2.05, 4.69) is 36.8 Å². The van der Waals surface area contributed by atoms with Crippen LogP contribution in [-0.4, -0.2) is 16.4 Å². The second-order valence-electron chi connectivity index (χ2n) is 4.54. The van der Waals surface area contributed by atoms with Crippen molar-refractivity contribution < 1.29 is 0 Å².